The van der Waals surface area contributed by atoms with E-state index in [2.05, 4.69) is 20.2 Å². The van der Waals surface area contributed by atoms with Crippen LogP contribution in [0.3, 0.4) is 0 Å². The van der Waals surface area contributed by atoms with Crippen molar-refractivity contribution < 1.29 is 14.2 Å². The van der Waals surface area contributed by atoms with Gasteiger partial charge in [0.05, 0.1) is 41.6 Å². The van der Waals surface area contributed by atoms with Gasteiger partial charge in [-0.2, -0.15) is 0 Å². The zero-order valence-electron chi connectivity index (χ0n) is 19.3. The van der Waals surface area contributed by atoms with Gasteiger partial charge < -0.3 is 20.1 Å². The minimum absolute atomic E-state index is 0.00579. The molecular weight excluding hydrogens is 467 g/mol. The maximum atomic E-state index is 14.3. The molecule has 1 saturated heterocycles. The van der Waals surface area contributed by atoms with Crippen LogP contribution in [0.4, 0.5) is 15.9 Å². The molecule has 2 aromatic heterocycles. The molecule has 6 nitrogen and oxygen atoms in total. The van der Waals surface area contributed by atoms with E-state index in [-0.39, 0.29) is 24.6 Å². The zero-order valence-corrected chi connectivity index (χ0v) is 20.0. The van der Waals surface area contributed by atoms with Crippen LogP contribution in [0.15, 0.2) is 67.0 Å². The highest BCUT2D eigenvalue weighted by Crippen LogP contribution is 2.35. The second-order valence-corrected chi connectivity index (χ2v) is 9.03. The van der Waals surface area contributed by atoms with Crippen molar-refractivity contribution in [3.63, 3.8) is 0 Å². The SMILES string of the molecule is CC(Nc1c(Cl)cnc2ccc(-c3ccc(N4CCO[C@@H](CO)C4)nc3)cc12)c1ccccc1F. The maximum absolute atomic E-state index is 14.3. The van der Waals surface area contributed by atoms with Crippen molar-refractivity contribution in [2.75, 3.05) is 36.5 Å². The van der Waals surface area contributed by atoms with Crippen molar-refractivity contribution in [2.24, 2.45) is 0 Å². The van der Waals surface area contributed by atoms with E-state index in [1.165, 1.54) is 6.07 Å². The lowest BCUT2D eigenvalue weighted by molar-refractivity contribution is 0.00336. The van der Waals surface area contributed by atoms with E-state index in [1.54, 1.807) is 18.3 Å². The number of nitrogens with zero attached hydrogens (tertiary/aromatic N) is 3. The first-order valence-electron chi connectivity index (χ1n) is 11.6. The average molecular weight is 493 g/mol. The minimum atomic E-state index is -0.292. The number of morpholine rings is 1. The second kappa shape index (κ2) is 10.2. The van der Waals surface area contributed by atoms with Gasteiger partial charge in [-0.1, -0.05) is 35.9 Å². The van der Waals surface area contributed by atoms with Crippen molar-refractivity contribution in [3.8, 4) is 11.1 Å². The Bertz CT molecular complexity index is 1330. The standard InChI is InChI=1S/C27H26ClFN4O2/c1-17(21-4-2-3-5-24(21)29)32-27-22-12-18(6-8-25(22)30-14-23(27)28)19-7-9-26(31-13-19)33-10-11-35-20(15-33)16-34/h2-9,12-14,17,20,34H,10-11,15-16H2,1H3,(H,30,32)/t17?,20-/m1/s1. The predicted octanol–water partition coefficient (Wildman–Crippen LogP) is 5.46. The molecule has 0 bridgehead atoms. The first-order valence-corrected chi connectivity index (χ1v) is 11.9. The topological polar surface area (TPSA) is 70.5 Å². The Morgan fingerprint density at radius 1 is 1.14 bits per heavy atom. The van der Waals surface area contributed by atoms with Gasteiger partial charge in [-0.15, -0.1) is 0 Å². The number of pyridine rings is 2. The van der Waals surface area contributed by atoms with Crippen molar-refractivity contribution in [1.82, 2.24) is 9.97 Å². The Balaban J connectivity index is 1.44. The summed E-state index contributed by atoms with van der Waals surface area (Å²) < 4.78 is 19.9. The molecule has 1 unspecified atom stereocenters. The van der Waals surface area contributed by atoms with E-state index in [0.717, 1.165) is 34.4 Å². The lowest BCUT2D eigenvalue weighted by Crippen LogP contribution is -2.44. The molecule has 8 heteroatoms. The van der Waals surface area contributed by atoms with Crippen LogP contribution in [0.2, 0.25) is 5.02 Å². The molecule has 35 heavy (non-hydrogen) atoms. The second-order valence-electron chi connectivity index (χ2n) is 8.63. The summed E-state index contributed by atoms with van der Waals surface area (Å²) in [5.41, 5.74) is 3.99. The first-order chi connectivity index (χ1) is 17.0. The fraction of sp³-hybridized carbons (Fsp3) is 0.259. The molecule has 2 aromatic carbocycles. The van der Waals surface area contributed by atoms with Crippen LogP contribution in [-0.2, 0) is 4.74 Å². The quantitative estimate of drug-likeness (QED) is 0.372. The Kier molecular flexibility index (Phi) is 6.81. The third kappa shape index (κ3) is 4.93. The van der Waals surface area contributed by atoms with Crippen molar-refractivity contribution in [3.05, 3.63) is 83.4 Å². The molecule has 180 valence electrons. The molecule has 2 N–H and O–H groups in total. The first kappa shape index (κ1) is 23.5. The molecule has 3 heterocycles. The molecule has 0 amide bonds. The number of nitrogens with one attached hydrogen (secondary N) is 1. The average Bonchev–Trinajstić information content (AvgIpc) is 2.90. The lowest BCUT2D eigenvalue weighted by atomic mass is 10.0. The highest BCUT2D eigenvalue weighted by atomic mass is 35.5. The number of ether oxygens (including phenoxy) is 1. The van der Waals surface area contributed by atoms with E-state index >= 15 is 0 Å². The van der Waals surface area contributed by atoms with Crippen LogP contribution in [0.5, 0.6) is 0 Å². The smallest absolute Gasteiger partial charge is 0.128 e. The summed E-state index contributed by atoms with van der Waals surface area (Å²) in [5, 5.41) is 14.1. The van der Waals surface area contributed by atoms with Crippen molar-refractivity contribution in [1.29, 1.82) is 0 Å². The fourth-order valence-electron chi connectivity index (χ4n) is 4.40. The van der Waals surface area contributed by atoms with E-state index in [4.69, 9.17) is 16.3 Å². The van der Waals surface area contributed by atoms with Crippen LogP contribution in [0, 0.1) is 5.82 Å². The van der Waals surface area contributed by atoms with Crippen LogP contribution >= 0.6 is 11.6 Å². The summed E-state index contributed by atoms with van der Waals surface area (Å²) in [7, 11) is 0. The molecule has 1 aliphatic heterocycles. The number of anilines is 2. The van der Waals surface area contributed by atoms with Crippen molar-refractivity contribution in [2.45, 2.75) is 19.1 Å². The van der Waals surface area contributed by atoms with Crippen LogP contribution < -0.4 is 10.2 Å². The Labute approximate surface area is 208 Å². The number of aliphatic hydroxyl groups is 1. The van der Waals surface area contributed by atoms with Gasteiger partial charge in [0.25, 0.3) is 0 Å². The number of rotatable bonds is 6. The molecule has 0 aliphatic carbocycles. The Morgan fingerprint density at radius 2 is 1.97 bits per heavy atom. The van der Waals surface area contributed by atoms with Gasteiger partial charge >= 0.3 is 0 Å². The van der Waals surface area contributed by atoms with Gasteiger partial charge in [-0.25, -0.2) is 9.37 Å². The van der Waals surface area contributed by atoms with Gasteiger partial charge in [0.2, 0.25) is 0 Å². The minimum Gasteiger partial charge on any atom is -0.394 e. The van der Waals surface area contributed by atoms with Gasteiger partial charge in [-0.05, 0) is 42.8 Å². The number of aromatic nitrogens is 2. The molecular formula is C27H26ClFN4O2. The van der Waals surface area contributed by atoms with Gasteiger partial charge in [-0.3, -0.25) is 4.98 Å². The Morgan fingerprint density at radius 3 is 2.74 bits per heavy atom. The monoisotopic (exact) mass is 492 g/mol. The summed E-state index contributed by atoms with van der Waals surface area (Å²) in [4.78, 5) is 11.2. The number of hydrogen-bond donors (Lipinski definition) is 2. The highest BCUT2D eigenvalue weighted by molar-refractivity contribution is 6.34. The van der Waals surface area contributed by atoms with Crippen LogP contribution in [0.25, 0.3) is 22.0 Å². The lowest BCUT2D eigenvalue weighted by Gasteiger charge is -2.32. The normalized spacial score (nSPS) is 16.9. The van der Waals surface area contributed by atoms with E-state index < -0.39 is 0 Å². The summed E-state index contributed by atoms with van der Waals surface area (Å²) in [6.07, 6.45) is 3.26. The molecule has 4 aromatic rings. The number of hydrogen-bond acceptors (Lipinski definition) is 6. The fourth-order valence-corrected chi connectivity index (χ4v) is 4.60. The number of fused-ring (bicyclic) bond motifs is 1. The summed E-state index contributed by atoms with van der Waals surface area (Å²) >= 11 is 6.54. The molecule has 0 radical (unpaired) electrons. The third-order valence-corrected chi connectivity index (χ3v) is 6.59. The molecule has 1 aliphatic rings. The Hall–Kier alpha value is -3.26. The summed E-state index contributed by atoms with van der Waals surface area (Å²) in [6, 6.07) is 16.4. The number of benzene rings is 2. The molecule has 2 atom stereocenters. The van der Waals surface area contributed by atoms with E-state index in [0.29, 0.717) is 29.4 Å². The molecule has 0 spiro atoms. The molecule has 0 saturated carbocycles. The summed E-state index contributed by atoms with van der Waals surface area (Å²) in [5.74, 6) is 0.585. The number of aliphatic hydroxyl groups excluding tert-OH is 1. The zero-order chi connectivity index (χ0) is 24.4. The van der Waals surface area contributed by atoms with Crippen LogP contribution in [0.1, 0.15) is 18.5 Å². The largest absolute Gasteiger partial charge is 0.394 e. The van der Waals surface area contributed by atoms with Gasteiger partial charge in [0.1, 0.15) is 11.6 Å². The molecule has 1 fully saturated rings. The van der Waals surface area contributed by atoms with E-state index in [1.807, 2.05) is 49.5 Å². The van der Waals surface area contributed by atoms with Gasteiger partial charge in [0.15, 0.2) is 0 Å². The van der Waals surface area contributed by atoms with E-state index in [9.17, 15) is 9.50 Å². The number of halogens is 2. The van der Waals surface area contributed by atoms with Gasteiger partial charge in [0, 0.05) is 42.0 Å². The molecule has 5 rings (SSSR count). The van der Waals surface area contributed by atoms with Crippen LogP contribution in [-0.4, -0.2) is 47.5 Å². The summed E-state index contributed by atoms with van der Waals surface area (Å²) in [6.45, 7) is 3.80. The highest BCUT2D eigenvalue weighted by Gasteiger charge is 2.21. The van der Waals surface area contributed by atoms with Crippen molar-refractivity contribution >= 4 is 34.0 Å². The third-order valence-electron chi connectivity index (χ3n) is 6.30. The predicted molar refractivity (Wildman–Crippen MR) is 137 cm³/mol. The maximum Gasteiger partial charge on any atom is 0.128 e.